The maximum Gasteiger partial charge on any atom is 0.273 e. The minimum Gasteiger partial charge on any atom is -0.368 e. The van der Waals surface area contributed by atoms with Crippen molar-refractivity contribution in [2.75, 3.05) is 6.54 Å². The van der Waals surface area contributed by atoms with Crippen LogP contribution in [0.3, 0.4) is 0 Å². The molecule has 26 heavy (non-hydrogen) atoms. The molecular formula is C21H19N3O2. The Balaban J connectivity index is 1.78. The third-order valence-electron chi connectivity index (χ3n) is 3.95. The van der Waals surface area contributed by atoms with Crippen molar-refractivity contribution in [1.82, 2.24) is 9.88 Å². The molecule has 1 heterocycles. The smallest absolute Gasteiger partial charge is 0.273 e. The molecule has 0 spiro atoms. The van der Waals surface area contributed by atoms with Crippen LogP contribution in [0, 0.1) is 0 Å². The molecule has 1 aromatic heterocycles. The average Bonchev–Trinajstić information content (AvgIpc) is 2.68. The van der Waals surface area contributed by atoms with Gasteiger partial charge in [0.25, 0.3) is 5.91 Å². The van der Waals surface area contributed by atoms with Crippen LogP contribution in [0.15, 0.2) is 79.0 Å². The number of carbonyl (C=O) groups excluding carboxylic acids is 2. The largest absolute Gasteiger partial charge is 0.368 e. The molecule has 5 heteroatoms. The highest BCUT2D eigenvalue weighted by Crippen LogP contribution is 2.20. The second-order valence-corrected chi connectivity index (χ2v) is 5.91. The Morgan fingerprint density at radius 2 is 1.50 bits per heavy atom. The number of rotatable bonds is 6. The number of primary amides is 1. The maximum absolute atomic E-state index is 12.6. The van der Waals surface area contributed by atoms with E-state index in [1.54, 1.807) is 24.4 Å². The standard InChI is InChI=1S/C21H19N3O2/c22-20(25)15-24(21(26)19-8-4-5-13-23-19)14-16-9-11-18(12-10-16)17-6-2-1-3-7-17/h1-13H,14-15H2,(H2,22,25). The molecular weight excluding hydrogens is 326 g/mol. The SMILES string of the molecule is NC(=O)CN(Cc1ccc(-c2ccccc2)cc1)C(=O)c1ccccn1. The third-order valence-corrected chi connectivity index (χ3v) is 3.95. The summed E-state index contributed by atoms with van der Waals surface area (Å²) < 4.78 is 0. The molecule has 3 rings (SSSR count). The van der Waals surface area contributed by atoms with Gasteiger partial charge in [0.05, 0.1) is 0 Å². The minimum atomic E-state index is -0.560. The number of amides is 2. The zero-order valence-electron chi connectivity index (χ0n) is 14.2. The average molecular weight is 345 g/mol. The Kier molecular flexibility index (Phi) is 5.39. The van der Waals surface area contributed by atoms with Gasteiger partial charge in [-0.3, -0.25) is 14.6 Å². The van der Waals surface area contributed by atoms with E-state index in [1.807, 2.05) is 54.6 Å². The van der Waals surface area contributed by atoms with E-state index < -0.39 is 5.91 Å². The molecule has 0 fully saturated rings. The van der Waals surface area contributed by atoms with Gasteiger partial charge >= 0.3 is 0 Å². The van der Waals surface area contributed by atoms with E-state index in [2.05, 4.69) is 4.98 Å². The van der Waals surface area contributed by atoms with Crippen LogP contribution in [0.25, 0.3) is 11.1 Å². The van der Waals surface area contributed by atoms with Gasteiger partial charge in [-0.25, -0.2) is 0 Å². The summed E-state index contributed by atoms with van der Waals surface area (Å²) >= 11 is 0. The second kappa shape index (κ2) is 8.07. The zero-order valence-corrected chi connectivity index (χ0v) is 14.2. The number of pyridine rings is 1. The first-order chi connectivity index (χ1) is 12.6. The van der Waals surface area contributed by atoms with E-state index in [9.17, 15) is 9.59 Å². The summed E-state index contributed by atoms with van der Waals surface area (Å²) in [5.74, 6) is -0.883. The van der Waals surface area contributed by atoms with Crippen molar-refractivity contribution in [3.63, 3.8) is 0 Å². The molecule has 2 amide bonds. The molecule has 0 radical (unpaired) electrons. The van der Waals surface area contributed by atoms with Crippen molar-refractivity contribution < 1.29 is 9.59 Å². The lowest BCUT2D eigenvalue weighted by atomic mass is 10.0. The second-order valence-electron chi connectivity index (χ2n) is 5.91. The van der Waals surface area contributed by atoms with Gasteiger partial charge in [-0.15, -0.1) is 0 Å². The Morgan fingerprint density at radius 3 is 2.12 bits per heavy atom. The lowest BCUT2D eigenvalue weighted by Crippen LogP contribution is -2.38. The van der Waals surface area contributed by atoms with Crippen LogP contribution in [-0.2, 0) is 11.3 Å². The number of nitrogens with two attached hydrogens (primary N) is 1. The summed E-state index contributed by atoms with van der Waals surface area (Å²) in [4.78, 5) is 29.5. The highest BCUT2D eigenvalue weighted by atomic mass is 16.2. The van der Waals surface area contributed by atoms with Gasteiger partial charge in [-0.1, -0.05) is 60.7 Å². The van der Waals surface area contributed by atoms with Crippen molar-refractivity contribution in [3.05, 3.63) is 90.3 Å². The van der Waals surface area contributed by atoms with Crippen LogP contribution in [0.5, 0.6) is 0 Å². The first-order valence-electron chi connectivity index (χ1n) is 8.26. The Bertz CT molecular complexity index is 878. The fourth-order valence-corrected chi connectivity index (χ4v) is 2.69. The molecule has 5 nitrogen and oxygen atoms in total. The van der Waals surface area contributed by atoms with Crippen LogP contribution in [-0.4, -0.2) is 28.2 Å². The maximum atomic E-state index is 12.6. The normalized spacial score (nSPS) is 10.3. The predicted octanol–water partition coefficient (Wildman–Crippen LogP) is 2.88. The Labute approximate surface area is 152 Å². The molecule has 0 unspecified atom stereocenters. The monoisotopic (exact) mass is 345 g/mol. The zero-order chi connectivity index (χ0) is 18.4. The Morgan fingerprint density at radius 1 is 0.846 bits per heavy atom. The van der Waals surface area contributed by atoms with Crippen molar-refractivity contribution in [3.8, 4) is 11.1 Å². The van der Waals surface area contributed by atoms with E-state index in [1.165, 1.54) is 4.90 Å². The lowest BCUT2D eigenvalue weighted by molar-refractivity contribution is -0.118. The lowest BCUT2D eigenvalue weighted by Gasteiger charge is -2.21. The van der Waals surface area contributed by atoms with Crippen LogP contribution in [0.4, 0.5) is 0 Å². The van der Waals surface area contributed by atoms with Crippen molar-refractivity contribution in [2.45, 2.75) is 6.54 Å². The minimum absolute atomic E-state index is 0.157. The van der Waals surface area contributed by atoms with Gasteiger partial charge in [0.1, 0.15) is 12.2 Å². The summed E-state index contributed by atoms with van der Waals surface area (Å²) in [7, 11) is 0. The van der Waals surface area contributed by atoms with Crippen LogP contribution < -0.4 is 5.73 Å². The van der Waals surface area contributed by atoms with E-state index in [0.29, 0.717) is 0 Å². The third kappa shape index (κ3) is 4.33. The summed E-state index contributed by atoms with van der Waals surface area (Å²) in [5.41, 5.74) is 8.72. The van der Waals surface area contributed by atoms with Crippen molar-refractivity contribution in [1.29, 1.82) is 0 Å². The molecule has 0 saturated heterocycles. The van der Waals surface area contributed by atoms with Crippen molar-refractivity contribution in [2.24, 2.45) is 5.73 Å². The molecule has 0 aliphatic carbocycles. The fourth-order valence-electron chi connectivity index (χ4n) is 2.69. The molecule has 0 atom stereocenters. The molecule has 2 N–H and O–H groups in total. The van der Waals surface area contributed by atoms with Gasteiger partial charge in [0.2, 0.25) is 5.91 Å². The topological polar surface area (TPSA) is 76.3 Å². The number of hydrogen-bond acceptors (Lipinski definition) is 3. The Hall–Kier alpha value is -3.47. The fraction of sp³-hybridized carbons (Fsp3) is 0.0952. The van der Waals surface area contributed by atoms with Crippen LogP contribution in [0.2, 0.25) is 0 Å². The molecule has 3 aromatic rings. The summed E-state index contributed by atoms with van der Waals surface area (Å²) in [6.45, 7) is 0.128. The van der Waals surface area contributed by atoms with E-state index in [0.717, 1.165) is 16.7 Å². The number of hydrogen-bond donors (Lipinski definition) is 1. The molecule has 0 bridgehead atoms. The first kappa shape index (κ1) is 17.4. The number of benzene rings is 2. The predicted molar refractivity (Wildman–Crippen MR) is 100 cm³/mol. The highest BCUT2D eigenvalue weighted by Gasteiger charge is 2.19. The summed E-state index contributed by atoms with van der Waals surface area (Å²) in [5, 5.41) is 0. The number of nitrogens with zero attached hydrogens (tertiary/aromatic N) is 2. The van der Waals surface area contributed by atoms with E-state index in [4.69, 9.17) is 5.73 Å². The van der Waals surface area contributed by atoms with Gasteiger partial charge in [-0.2, -0.15) is 0 Å². The van der Waals surface area contributed by atoms with Gasteiger partial charge in [-0.05, 0) is 28.8 Å². The summed E-state index contributed by atoms with van der Waals surface area (Å²) in [6.07, 6.45) is 1.55. The summed E-state index contributed by atoms with van der Waals surface area (Å²) in [6, 6.07) is 23.0. The van der Waals surface area contributed by atoms with Crippen LogP contribution >= 0.6 is 0 Å². The molecule has 0 saturated carbocycles. The first-order valence-corrected chi connectivity index (χ1v) is 8.26. The van der Waals surface area contributed by atoms with Gasteiger partial charge < -0.3 is 10.6 Å². The van der Waals surface area contributed by atoms with E-state index in [-0.39, 0.29) is 24.7 Å². The molecule has 2 aromatic carbocycles. The molecule has 0 aliphatic rings. The highest BCUT2D eigenvalue weighted by molar-refractivity contribution is 5.94. The molecule has 130 valence electrons. The van der Waals surface area contributed by atoms with Crippen LogP contribution in [0.1, 0.15) is 16.1 Å². The quantitative estimate of drug-likeness (QED) is 0.746. The van der Waals surface area contributed by atoms with Crippen molar-refractivity contribution >= 4 is 11.8 Å². The van der Waals surface area contributed by atoms with E-state index >= 15 is 0 Å². The van der Waals surface area contributed by atoms with Gasteiger partial charge in [0, 0.05) is 12.7 Å². The van der Waals surface area contributed by atoms with Gasteiger partial charge in [0.15, 0.2) is 0 Å². The number of aromatic nitrogens is 1. The number of carbonyl (C=O) groups is 2. The molecule has 0 aliphatic heterocycles.